The van der Waals surface area contributed by atoms with E-state index in [-0.39, 0.29) is 31.0 Å². The van der Waals surface area contributed by atoms with Crippen LogP contribution in [0.25, 0.3) is 0 Å². The van der Waals surface area contributed by atoms with Gasteiger partial charge in [-0.25, -0.2) is 0 Å². The first-order chi connectivity index (χ1) is 7.43. The number of rotatable bonds is 8. The molecule has 0 unspecified atom stereocenters. The molecule has 0 aliphatic rings. The summed E-state index contributed by atoms with van der Waals surface area (Å²) in [4.78, 5) is 0. The Bertz CT molecular complexity index is 241. The molecule has 0 aliphatic carbocycles. The van der Waals surface area contributed by atoms with Gasteiger partial charge in [-0.2, -0.15) is 0 Å². The average molecular weight is 230 g/mol. The molecule has 0 spiro atoms. The second-order valence-electron chi connectivity index (χ2n) is 3.93. The third-order valence-electron chi connectivity index (χ3n) is 2.51. The third kappa shape index (κ3) is 8.20. The number of hydrogen-bond acceptors (Lipinski definition) is 1. The summed E-state index contributed by atoms with van der Waals surface area (Å²) in [5.41, 5.74) is 0. The van der Waals surface area contributed by atoms with Gasteiger partial charge in [0.15, 0.2) is 0 Å². The van der Waals surface area contributed by atoms with E-state index in [0.29, 0.717) is 0 Å². The Hall–Kier alpha value is 0.0200. The Labute approximate surface area is 123 Å². The molecule has 1 nitrogen and oxygen atoms in total. The van der Waals surface area contributed by atoms with Gasteiger partial charge in [-0.3, -0.25) is 0 Å². The number of para-hydroxylation sites is 1. The Morgan fingerprint density at radius 3 is 2.25 bits per heavy atom. The van der Waals surface area contributed by atoms with E-state index in [1.54, 1.807) is 0 Å². The minimum atomic E-state index is 0. The zero-order valence-electron chi connectivity index (χ0n) is 11.7. The number of hydrogen-bond donors (Lipinski definition) is 0. The molecule has 0 aromatic heterocycles. The van der Waals surface area contributed by atoms with E-state index in [4.69, 9.17) is 4.74 Å². The number of ether oxygens (including phenoxy) is 1. The molecule has 0 saturated heterocycles. The van der Waals surface area contributed by atoms with Gasteiger partial charge in [0.1, 0.15) is 5.75 Å². The van der Waals surface area contributed by atoms with Crippen LogP contribution in [0.5, 0.6) is 5.75 Å². The first kappa shape index (κ1) is 16.0. The summed E-state index contributed by atoms with van der Waals surface area (Å²) in [5.74, 6) is 0.992. The second-order valence-corrected chi connectivity index (χ2v) is 3.93. The fourth-order valence-corrected chi connectivity index (χ4v) is 1.59. The smallest absolute Gasteiger partial charge is 1.00 e. The van der Waals surface area contributed by atoms with Crippen molar-refractivity contribution in [1.29, 1.82) is 0 Å². The SMILES string of the molecule is CCCCCCCCOc1ccccc1.[H-].[Na+]. The molecular weight excluding hydrogens is 207 g/mol. The minimum Gasteiger partial charge on any atom is -1.00 e. The van der Waals surface area contributed by atoms with Crippen LogP contribution in [0.3, 0.4) is 0 Å². The van der Waals surface area contributed by atoms with Crippen LogP contribution in [0, 0.1) is 0 Å². The van der Waals surface area contributed by atoms with Crippen LogP contribution < -0.4 is 34.3 Å². The molecule has 86 valence electrons. The summed E-state index contributed by atoms with van der Waals surface area (Å²) in [6, 6.07) is 10.1. The second kappa shape index (κ2) is 11.5. The predicted molar refractivity (Wildman–Crippen MR) is 66.4 cm³/mol. The minimum absolute atomic E-state index is 0. The number of unbranched alkanes of at least 4 members (excludes halogenated alkanes) is 5. The normalized spacial score (nSPS) is 9.56. The molecule has 0 amide bonds. The van der Waals surface area contributed by atoms with Gasteiger partial charge < -0.3 is 6.16 Å². The number of benzene rings is 1. The summed E-state index contributed by atoms with van der Waals surface area (Å²) in [6.07, 6.45) is 7.90. The van der Waals surface area contributed by atoms with Gasteiger partial charge in [-0.05, 0) is 18.6 Å². The molecule has 1 aromatic carbocycles. The maximum Gasteiger partial charge on any atom is 1.00 e. The van der Waals surface area contributed by atoms with Crippen LogP contribution in [0.15, 0.2) is 30.3 Å². The molecule has 0 N–H and O–H groups in total. The van der Waals surface area contributed by atoms with Crippen molar-refractivity contribution in [1.82, 2.24) is 0 Å². The van der Waals surface area contributed by atoms with Crippen molar-refractivity contribution in [2.24, 2.45) is 0 Å². The summed E-state index contributed by atoms with van der Waals surface area (Å²) in [7, 11) is 0. The maximum absolute atomic E-state index is 5.61. The first-order valence-electron chi connectivity index (χ1n) is 6.11. The molecule has 0 aliphatic heterocycles. The predicted octanol–water partition coefficient (Wildman–Crippen LogP) is 1.54. The van der Waals surface area contributed by atoms with Gasteiger partial charge in [0.25, 0.3) is 0 Å². The molecule has 0 heterocycles. The van der Waals surface area contributed by atoms with Crippen molar-refractivity contribution in [2.75, 3.05) is 6.61 Å². The molecule has 0 atom stereocenters. The molecular formula is C14H23NaO. The van der Waals surface area contributed by atoms with Crippen molar-refractivity contribution in [3.63, 3.8) is 0 Å². The van der Waals surface area contributed by atoms with Gasteiger partial charge in [-0.15, -0.1) is 0 Å². The quantitative estimate of drug-likeness (QED) is 0.486. The Morgan fingerprint density at radius 1 is 0.938 bits per heavy atom. The molecule has 2 heteroatoms. The fraction of sp³-hybridized carbons (Fsp3) is 0.571. The van der Waals surface area contributed by atoms with Crippen LogP contribution in [-0.4, -0.2) is 6.61 Å². The molecule has 0 saturated carbocycles. The van der Waals surface area contributed by atoms with Crippen LogP contribution in [0.4, 0.5) is 0 Å². The van der Waals surface area contributed by atoms with Crippen LogP contribution in [0.1, 0.15) is 46.9 Å². The monoisotopic (exact) mass is 230 g/mol. The molecule has 0 fully saturated rings. The van der Waals surface area contributed by atoms with E-state index in [1.165, 1.54) is 38.5 Å². The van der Waals surface area contributed by atoms with Gasteiger partial charge in [0.05, 0.1) is 6.61 Å². The van der Waals surface area contributed by atoms with Crippen molar-refractivity contribution in [2.45, 2.75) is 45.4 Å². The van der Waals surface area contributed by atoms with E-state index in [2.05, 4.69) is 6.92 Å². The van der Waals surface area contributed by atoms with Gasteiger partial charge in [0.2, 0.25) is 0 Å². The molecule has 1 rings (SSSR count). The third-order valence-corrected chi connectivity index (χ3v) is 2.51. The molecule has 1 aromatic rings. The van der Waals surface area contributed by atoms with Gasteiger partial charge >= 0.3 is 29.6 Å². The topological polar surface area (TPSA) is 9.23 Å². The van der Waals surface area contributed by atoms with Crippen LogP contribution in [0.2, 0.25) is 0 Å². The van der Waals surface area contributed by atoms with E-state index in [1.807, 2.05) is 30.3 Å². The average Bonchev–Trinajstić information content (AvgIpc) is 2.29. The summed E-state index contributed by atoms with van der Waals surface area (Å²) >= 11 is 0. The Balaban J connectivity index is 0. The first-order valence-corrected chi connectivity index (χ1v) is 6.11. The van der Waals surface area contributed by atoms with Crippen molar-refractivity contribution in [3.8, 4) is 5.75 Å². The van der Waals surface area contributed by atoms with Crippen molar-refractivity contribution >= 4 is 0 Å². The summed E-state index contributed by atoms with van der Waals surface area (Å²) < 4.78 is 5.61. The molecule has 16 heavy (non-hydrogen) atoms. The van der Waals surface area contributed by atoms with Crippen molar-refractivity contribution < 1.29 is 35.7 Å². The fourth-order valence-electron chi connectivity index (χ4n) is 1.59. The Kier molecular flexibility index (Phi) is 11.5. The zero-order chi connectivity index (χ0) is 10.8. The molecule has 0 radical (unpaired) electrons. The maximum atomic E-state index is 5.61. The van der Waals surface area contributed by atoms with E-state index in [0.717, 1.165) is 12.4 Å². The van der Waals surface area contributed by atoms with Gasteiger partial charge in [0, 0.05) is 0 Å². The van der Waals surface area contributed by atoms with Crippen molar-refractivity contribution in [3.05, 3.63) is 30.3 Å². The van der Waals surface area contributed by atoms with Gasteiger partial charge in [-0.1, -0.05) is 57.2 Å². The van der Waals surface area contributed by atoms with Crippen LogP contribution in [-0.2, 0) is 0 Å². The zero-order valence-corrected chi connectivity index (χ0v) is 12.7. The largest absolute Gasteiger partial charge is 1.00 e. The Morgan fingerprint density at radius 2 is 1.56 bits per heavy atom. The summed E-state index contributed by atoms with van der Waals surface area (Å²) in [5, 5.41) is 0. The standard InChI is InChI=1S/C14H22O.Na.H/c1-2-3-4-5-6-10-13-15-14-11-8-7-9-12-14;;/h7-9,11-12H,2-6,10,13H2,1H3;;/q;+1;-1. The molecule has 0 bridgehead atoms. The van der Waals surface area contributed by atoms with E-state index in [9.17, 15) is 0 Å². The van der Waals surface area contributed by atoms with Crippen LogP contribution >= 0.6 is 0 Å². The summed E-state index contributed by atoms with van der Waals surface area (Å²) in [6.45, 7) is 3.11. The van der Waals surface area contributed by atoms with E-state index >= 15 is 0 Å². The van der Waals surface area contributed by atoms with E-state index < -0.39 is 0 Å².